The van der Waals surface area contributed by atoms with E-state index >= 15 is 0 Å². The molecule has 0 unspecified atom stereocenters. The first kappa shape index (κ1) is 14.6. The molecule has 0 bridgehead atoms. The summed E-state index contributed by atoms with van der Waals surface area (Å²) >= 11 is 0. The van der Waals surface area contributed by atoms with Crippen LogP contribution in [0, 0.1) is 5.82 Å². The number of nitrogens with two attached hydrogens (primary N) is 1. The molecule has 18 heavy (non-hydrogen) atoms. The molecular formula is C13H22FN3O. The van der Waals surface area contributed by atoms with Crippen molar-refractivity contribution in [1.82, 2.24) is 5.32 Å². The average Bonchev–Trinajstić information content (AvgIpc) is 2.35. The van der Waals surface area contributed by atoms with Gasteiger partial charge in [0.1, 0.15) is 0 Å². The van der Waals surface area contributed by atoms with Gasteiger partial charge in [-0.25, -0.2) is 4.39 Å². The summed E-state index contributed by atoms with van der Waals surface area (Å²) in [4.78, 5) is 1.98. The number of likely N-dealkylation sites (N-methyl/N-ethyl adjacent to an activating group) is 2. The Morgan fingerprint density at radius 3 is 2.78 bits per heavy atom. The summed E-state index contributed by atoms with van der Waals surface area (Å²) in [6.07, 6.45) is 0.842. The first-order valence-electron chi connectivity index (χ1n) is 6.17. The highest BCUT2D eigenvalue weighted by atomic mass is 19.1. The molecule has 0 aliphatic carbocycles. The van der Waals surface area contributed by atoms with Crippen molar-refractivity contribution in [1.29, 1.82) is 0 Å². The van der Waals surface area contributed by atoms with Gasteiger partial charge in [0.15, 0.2) is 11.6 Å². The van der Waals surface area contributed by atoms with Crippen LogP contribution < -0.4 is 20.7 Å². The summed E-state index contributed by atoms with van der Waals surface area (Å²) in [5.41, 5.74) is 7.05. The highest BCUT2D eigenvalue weighted by Crippen LogP contribution is 2.30. The Bertz CT molecular complexity index is 385. The highest BCUT2D eigenvalue weighted by molar-refractivity contribution is 5.69. The van der Waals surface area contributed by atoms with Crippen LogP contribution in [0.25, 0.3) is 0 Å². The van der Waals surface area contributed by atoms with Gasteiger partial charge in [0.25, 0.3) is 0 Å². The molecule has 1 rings (SSSR count). The van der Waals surface area contributed by atoms with Crippen LogP contribution in [-0.4, -0.2) is 33.8 Å². The fourth-order valence-electron chi connectivity index (χ4n) is 1.61. The maximum Gasteiger partial charge on any atom is 0.167 e. The lowest BCUT2D eigenvalue weighted by molar-refractivity contribution is 0.301. The number of anilines is 2. The first-order valence-corrected chi connectivity index (χ1v) is 6.17. The van der Waals surface area contributed by atoms with Crippen LogP contribution in [0.15, 0.2) is 12.1 Å². The topological polar surface area (TPSA) is 50.5 Å². The fraction of sp³-hybridized carbons (Fsp3) is 0.538. The van der Waals surface area contributed by atoms with E-state index in [1.54, 1.807) is 6.07 Å². The largest absolute Gasteiger partial charge is 0.490 e. The Kier molecular flexibility index (Phi) is 5.71. The van der Waals surface area contributed by atoms with E-state index in [1.165, 1.54) is 6.07 Å². The number of halogens is 1. The quantitative estimate of drug-likeness (QED) is 0.730. The minimum atomic E-state index is -0.410. The standard InChI is InChI=1S/C13H22FN3O/c1-4-7-18-13-9-12(11(15)8-10(13)14)17(3)6-5-16-2/h8-9,16H,4-7,15H2,1-3H3. The molecule has 4 nitrogen and oxygen atoms in total. The molecule has 102 valence electrons. The monoisotopic (exact) mass is 255 g/mol. The third-order valence-corrected chi connectivity index (χ3v) is 2.65. The minimum Gasteiger partial charge on any atom is -0.490 e. The molecule has 0 aliphatic rings. The zero-order valence-electron chi connectivity index (χ0n) is 11.3. The van der Waals surface area contributed by atoms with E-state index in [0.717, 1.165) is 25.2 Å². The summed E-state index contributed by atoms with van der Waals surface area (Å²) in [5.74, 6) is -0.149. The van der Waals surface area contributed by atoms with E-state index in [1.807, 2.05) is 25.9 Å². The second kappa shape index (κ2) is 7.06. The SMILES string of the molecule is CCCOc1cc(N(C)CCNC)c(N)cc1F. The number of nitrogens with zero attached hydrogens (tertiary/aromatic N) is 1. The summed E-state index contributed by atoms with van der Waals surface area (Å²) in [7, 11) is 3.81. The second-order valence-electron chi connectivity index (χ2n) is 4.22. The van der Waals surface area contributed by atoms with Crippen molar-refractivity contribution >= 4 is 11.4 Å². The van der Waals surface area contributed by atoms with Crippen molar-refractivity contribution in [3.8, 4) is 5.75 Å². The molecule has 1 aromatic carbocycles. The third-order valence-electron chi connectivity index (χ3n) is 2.65. The highest BCUT2D eigenvalue weighted by Gasteiger charge is 2.12. The maximum absolute atomic E-state index is 13.6. The van der Waals surface area contributed by atoms with Crippen molar-refractivity contribution in [2.24, 2.45) is 0 Å². The molecule has 0 heterocycles. The van der Waals surface area contributed by atoms with Crippen LogP contribution in [0.5, 0.6) is 5.75 Å². The lowest BCUT2D eigenvalue weighted by Crippen LogP contribution is -2.27. The molecular weight excluding hydrogens is 233 g/mol. The molecule has 0 aliphatic heterocycles. The molecule has 0 fully saturated rings. The van der Waals surface area contributed by atoms with Crippen LogP contribution in [0.2, 0.25) is 0 Å². The van der Waals surface area contributed by atoms with Gasteiger partial charge in [0.2, 0.25) is 0 Å². The fourth-order valence-corrected chi connectivity index (χ4v) is 1.61. The van der Waals surface area contributed by atoms with Crippen molar-refractivity contribution < 1.29 is 9.13 Å². The van der Waals surface area contributed by atoms with Crippen LogP contribution in [0.4, 0.5) is 15.8 Å². The van der Waals surface area contributed by atoms with E-state index in [-0.39, 0.29) is 5.75 Å². The van der Waals surface area contributed by atoms with Gasteiger partial charge in [-0.05, 0) is 13.5 Å². The smallest absolute Gasteiger partial charge is 0.167 e. The van der Waals surface area contributed by atoms with Crippen LogP contribution >= 0.6 is 0 Å². The normalized spacial score (nSPS) is 10.4. The Labute approximate surface area is 108 Å². The lowest BCUT2D eigenvalue weighted by Gasteiger charge is -2.22. The number of nitrogen functional groups attached to an aromatic ring is 1. The van der Waals surface area contributed by atoms with Crippen molar-refractivity contribution in [2.45, 2.75) is 13.3 Å². The first-order chi connectivity index (χ1) is 8.60. The minimum absolute atomic E-state index is 0.261. The number of nitrogens with one attached hydrogen (secondary N) is 1. The third kappa shape index (κ3) is 3.77. The number of benzene rings is 1. The van der Waals surface area contributed by atoms with Crippen molar-refractivity contribution in [3.63, 3.8) is 0 Å². The second-order valence-corrected chi connectivity index (χ2v) is 4.22. The molecule has 1 aromatic rings. The van der Waals surface area contributed by atoms with E-state index < -0.39 is 5.82 Å². The number of ether oxygens (including phenoxy) is 1. The van der Waals surface area contributed by atoms with E-state index in [4.69, 9.17) is 10.5 Å². The molecule has 5 heteroatoms. The summed E-state index contributed by atoms with van der Waals surface area (Å²) < 4.78 is 19.0. The van der Waals surface area contributed by atoms with Crippen LogP contribution in [0.3, 0.4) is 0 Å². The average molecular weight is 255 g/mol. The summed E-state index contributed by atoms with van der Waals surface area (Å²) in [6.45, 7) is 4.10. The van der Waals surface area contributed by atoms with Crippen LogP contribution in [0.1, 0.15) is 13.3 Å². The van der Waals surface area contributed by atoms with Gasteiger partial charge in [-0.1, -0.05) is 6.92 Å². The summed E-state index contributed by atoms with van der Waals surface area (Å²) in [6, 6.07) is 2.98. The molecule has 0 saturated carbocycles. The van der Waals surface area contributed by atoms with Crippen LogP contribution in [-0.2, 0) is 0 Å². The Morgan fingerprint density at radius 2 is 2.17 bits per heavy atom. The lowest BCUT2D eigenvalue weighted by atomic mass is 10.2. The van der Waals surface area contributed by atoms with Gasteiger partial charge < -0.3 is 20.7 Å². The van der Waals surface area contributed by atoms with E-state index in [9.17, 15) is 4.39 Å². The molecule has 0 radical (unpaired) electrons. The van der Waals surface area contributed by atoms with Crippen molar-refractivity contribution in [3.05, 3.63) is 17.9 Å². The van der Waals surface area contributed by atoms with Gasteiger partial charge in [-0.2, -0.15) is 0 Å². The Hall–Kier alpha value is -1.49. The number of hydrogen-bond acceptors (Lipinski definition) is 4. The van der Waals surface area contributed by atoms with Gasteiger partial charge >= 0.3 is 0 Å². The zero-order chi connectivity index (χ0) is 13.5. The van der Waals surface area contributed by atoms with Crippen molar-refractivity contribution in [2.75, 3.05) is 44.4 Å². The zero-order valence-corrected chi connectivity index (χ0v) is 11.3. The molecule has 0 amide bonds. The van der Waals surface area contributed by atoms with Gasteiger partial charge in [0.05, 0.1) is 18.0 Å². The molecule has 0 spiro atoms. The maximum atomic E-state index is 13.6. The number of rotatable bonds is 7. The summed E-state index contributed by atoms with van der Waals surface area (Å²) in [5, 5.41) is 3.06. The van der Waals surface area contributed by atoms with E-state index in [0.29, 0.717) is 12.3 Å². The molecule has 3 N–H and O–H groups in total. The molecule has 0 aromatic heterocycles. The Morgan fingerprint density at radius 1 is 1.44 bits per heavy atom. The molecule has 0 saturated heterocycles. The van der Waals surface area contributed by atoms with Gasteiger partial charge in [-0.15, -0.1) is 0 Å². The molecule has 0 atom stereocenters. The Balaban J connectivity index is 2.89. The number of hydrogen-bond donors (Lipinski definition) is 2. The predicted octanol–water partition coefficient (Wildman–Crippen LogP) is 1.85. The van der Waals surface area contributed by atoms with Gasteiger partial charge in [0, 0.05) is 32.3 Å². The predicted molar refractivity (Wildman–Crippen MR) is 73.8 cm³/mol. The van der Waals surface area contributed by atoms with E-state index in [2.05, 4.69) is 5.32 Å². The van der Waals surface area contributed by atoms with Gasteiger partial charge in [-0.3, -0.25) is 0 Å².